The topological polar surface area (TPSA) is 64.3 Å². The first-order chi connectivity index (χ1) is 9.24. The van der Waals surface area contributed by atoms with Crippen LogP contribution < -0.4 is 11.1 Å². The van der Waals surface area contributed by atoms with Gasteiger partial charge in [-0.2, -0.15) is 0 Å². The van der Waals surface area contributed by atoms with Gasteiger partial charge in [-0.25, -0.2) is 4.79 Å². The van der Waals surface area contributed by atoms with Crippen molar-refractivity contribution in [3.63, 3.8) is 0 Å². The molecular formula is C16H26N2O2. The van der Waals surface area contributed by atoms with Gasteiger partial charge in [-0.05, 0) is 46.1 Å². The Balaban J connectivity index is 2.56. The second-order valence-corrected chi connectivity index (χ2v) is 6.38. The Morgan fingerprint density at radius 2 is 1.80 bits per heavy atom. The van der Waals surface area contributed by atoms with Gasteiger partial charge in [0.1, 0.15) is 5.60 Å². The van der Waals surface area contributed by atoms with Gasteiger partial charge in [0.25, 0.3) is 0 Å². The number of nitrogens with two attached hydrogens (primary N) is 1. The Labute approximate surface area is 121 Å². The number of rotatable bonds is 5. The molecule has 0 spiro atoms. The van der Waals surface area contributed by atoms with E-state index in [2.05, 4.69) is 17.4 Å². The SMILES string of the molecule is CC(CN)(CCc1ccccc1)NC(=O)OC(C)(C)C. The van der Waals surface area contributed by atoms with Crippen LogP contribution in [0.3, 0.4) is 0 Å². The van der Waals surface area contributed by atoms with Crippen molar-refractivity contribution in [2.45, 2.75) is 51.7 Å². The molecule has 0 aliphatic carbocycles. The fourth-order valence-corrected chi connectivity index (χ4v) is 1.83. The molecule has 20 heavy (non-hydrogen) atoms. The number of carbonyl (C=O) groups is 1. The predicted molar refractivity (Wildman–Crippen MR) is 81.6 cm³/mol. The summed E-state index contributed by atoms with van der Waals surface area (Å²) in [6.45, 7) is 7.85. The predicted octanol–water partition coefficient (Wildman–Crippen LogP) is 2.86. The van der Waals surface area contributed by atoms with Crippen molar-refractivity contribution in [2.24, 2.45) is 5.73 Å². The number of carbonyl (C=O) groups excluding carboxylic acids is 1. The first-order valence-corrected chi connectivity index (χ1v) is 6.99. The Hall–Kier alpha value is -1.55. The van der Waals surface area contributed by atoms with Crippen LogP contribution in [-0.2, 0) is 11.2 Å². The second kappa shape index (κ2) is 6.75. The molecule has 4 nitrogen and oxygen atoms in total. The summed E-state index contributed by atoms with van der Waals surface area (Å²) in [5, 5.41) is 2.88. The fraction of sp³-hybridized carbons (Fsp3) is 0.562. The number of benzene rings is 1. The van der Waals surface area contributed by atoms with Gasteiger partial charge >= 0.3 is 6.09 Å². The minimum Gasteiger partial charge on any atom is -0.444 e. The highest BCUT2D eigenvalue weighted by Crippen LogP contribution is 2.15. The van der Waals surface area contributed by atoms with Crippen LogP contribution in [0.15, 0.2) is 30.3 Å². The zero-order chi connectivity index (χ0) is 15.2. The van der Waals surface area contributed by atoms with Crippen LogP contribution in [0.2, 0.25) is 0 Å². The van der Waals surface area contributed by atoms with Crippen molar-refractivity contribution in [2.75, 3.05) is 6.54 Å². The molecule has 4 heteroatoms. The van der Waals surface area contributed by atoms with E-state index in [0.29, 0.717) is 6.54 Å². The highest BCUT2D eigenvalue weighted by Gasteiger charge is 2.27. The highest BCUT2D eigenvalue weighted by molar-refractivity contribution is 5.68. The van der Waals surface area contributed by atoms with Gasteiger partial charge in [-0.15, -0.1) is 0 Å². The summed E-state index contributed by atoms with van der Waals surface area (Å²) in [4.78, 5) is 11.9. The maximum Gasteiger partial charge on any atom is 0.408 e. The van der Waals surface area contributed by atoms with Gasteiger partial charge in [0.05, 0.1) is 5.54 Å². The number of nitrogens with one attached hydrogen (secondary N) is 1. The Kier molecular flexibility index (Phi) is 5.57. The fourth-order valence-electron chi connectivity index (χ4n) is 1.83. The second-order valence-electron chi connectivity index (χ2n) is 6.38. The normalized spacial score (nSPS) is 14.4. The van der Waals surface area contributed by atoms with E-state index in [0.717, 1.165) is 12.8 Å². The van der Waals surface area contributed by atoms with Crippen LogP contribution in [0.25, 0.3) is 0 Å². The summed E-state index contributed by atoms with van der Waals surface area (Å²) in [5.41, 5.74) is 6.09. The lowest BCUT2D eigenvalue weighted by atomic mass is 9.93. The number of aryl methyl sites for hydroxylation is 1. The third-order valence-corrected chi connectivity index (χ3v) is 3.06. The Morgan fingerprint density at radius 1 is 1.20 bits per heavy atom. The zero-order valence-electron chi connectivity index (χ0n) is 12.9. The summed E-state index contributed by atoms with van der Waals surface area (Å²) in [6.07, 6.45) is 1.22. The largest absolute Gasteiger partial charge is 0.444 e. The quantitative estimate of drug-likeness (QED) is 0.870. The number of alkyl carbamates (subject to hydrolysis) is 1. The molecule has 0 fully saturated rings. The standard InChI is InChI=1S/C16H26N2O2/c1-15(2,3)20-14(19)18-16(4,12-17)11-10-13-8-6-5-7-9-13/h5-9H,10-12,17H2,1-4H3,(H,18,19). The molecule has 0 radical (unpaired) electrons. The first kappa shape index (κ1) is 16.5. The van der Waals surface area contributed by atoms with Gasteiger partial charge in [-0.1, -0.05) is 30.3 Å². The average Bonchev–Trinajstić information content (AvgIpc) is 2.35. The van der Waals surface area contributed by atoms with E-state index in [1.165, 1.54) is 5.56 Å². The molecule has 0 saturated heterocycles. The minimum absolute atomic E-state index is 0.374. The monoisotopic (exact) mass is 278 g/mol. The Bertz CT molecular complexity index is 426. The molecule has 0 aliphatic heterocycles. The van der Waals surface area contributed by atoms with Crippen LogP contribution in [0.5, 0.6) is 0 Å². The highest BCUT2D eigenvalue weighted by atomic mass is 16.6. The molecule has 0 aromatic heterocycles. The van der Waals surface area contributed by atoms with E-state index >= 15 is 0 Å². The van der Waals surface area contributed by atoms with Crippen LogP contribution in [-0.4, -0.2) is 23.8 Å². The summed E-state index contributed by atoms with van der Waals surface area (Å²) >= 11 is 0. The van der Waals surface area contributed by atoms with Crippen LogP contribution >= 0.6 is 0 Å². The van der Waals surface area contributed by atoms with Crippen molar-refractivity contribution in [3.05, 3.63) is 35.9 Å². The zero-order valence-corrected chi connectivity index (χ0v) is 12.9. The molecule has 112 valence electrons. The number of ether oxygens (including phenoxy) is 1. The van der Waals surface area contributed by atoms with Crippen molar-refractivity contribution >= 4 is 6.09 Å². The van der Waals surface area contributed by atoms with Crippen molar-refractivity contribution in [1.29, 1.82) is 0 Å². The molecule has 0 aliphatic rings. The van der Waals surface area contributed by atoms with Crippen LogP contribution in [0.1, 0.15) is 39.7 Å². The van der Waals surface area contributed by atoms with Crippen molar-refractivity contribution in [3.8, 4) is 0 Å². The average molecular weight is 278 g/mol. The van der Waals surface area contributed by atoms with Crippen LogP contribution in [0.4, 0.5) is 4.79 Å². The lowest BCUT2D eigenvalue weighted by Gasteiger charge is -2.31. The molecule has 0 bridgehead atoms. The van der Waals surface area contributed by atoms with E-state index in [-0.39, 0.29) is 0 Å². The third-order valence-electron chi connectivity index (χ3n) is 3.06. The van der Waals surface area contributed by atoms with E-state index < -0.39 is 17.2 Å². The lowest BCUT2D eigenvalue weighted by molar-refractivity contribution is 0.0462. The maximum absolute atomic E-state index is 11.9. The summed E-state index contributed by atoms with van der Waals surface area (Å²) < 4.78 is 5.28. The van der Waals surface area contributed by atoms with Crippen molar-refractivity contribution in [1.82, 2.24) is 5.32 Å². The smallest absolute Gasteiger partial charge is 0.408 e. The third kappa shape index (κ3) is 6.06. The number of amides is 1. The molecular weight excluding hydrogens is 252 g/mol. The molecule has 0 saturated carbocycles. The first-order valence-electron chi connectivity index (χ1n) is 6.99. The van der Waals surface area contributed by atoms with E-state index in [1.54, 1.807) is 0 Å². The molecule has 1 unspecified atom stereocenters. The molecule has 1 aromatic carbocycles. The van der Waals surface area contributed by atoms with Crippen LogP contribution in [0, 0.1) is 0 Å². The van der Waals surface area contributed by atoms with Gasteiger partial charge in [0.15, 0.2) is 0 Å². The maximum atomic E-state index is 11.9. The minimum atomic E-state index is -0.501. The van der Waals surface area contributed by atoms with E-state index in [9.17, 15) is 4.79 Å². The molecule has 1 atom stereocenters. The molecule has 1 amide bonds. The molecule has 1 aromatic rings. The lowest BCUT2D eigenvalue weighted by Crippen LogP contribution is -2.52. The van der Waals surface area contributed by atoms with Gasteiger partial charge in [-0.3, -0.25) is 0 Å². The number of hydrogen-bond acceptors (Lipinski definition) is 3. The summed E-state index contributed by atoms with van der Waals surface area (Å²) in [6, 6.07) is 10.2. The molecule has 3 N–H and O–H groups in total. The molecule has 1 rings (SSSR count). The summed E-state index contributed by atoms with van der Waals surface area (Å²) in [5.74, 6) is 0. The number of hydrogen-bond donors (Lipinski definition) is 2. The van der Waals surface area contributed by atoms with Gasteiger partial charge in [0, 0.05) is 6.54 Å². The van der Waals surface area contributed by atoms with Crippen molar-refractivity contribution < 1.29 is 9.53 Å². The summed E-state index contributed by atoms with van der Waals surface area (Å²) in [7, 11) is 0. The molecule has 0 heterocycles. The van der Waals surface area contributed by atoms with Gasteiger partial charge in [0.2, 0.25) is 0 Å². The van der Waals surface area contributed by atoms with E-state index in [4.69, 9.17) is 10.5 Å². The van der Waals surface area contributed by atoms with Gasteiger partial charge < -0.3 is 15.8 Å². The van der Waals surface area contributed by atoms with E-state index in [1.807, 2.05) is 45.9 Å². The Morgan fingerprint density at radius 3 is 2.30 bits per heavy atom.